The van der Waals surface area contributed by atoms with E-state index in [4.69, 9.17) is 23.2 Å². The Balaban J connectivity index is 1.56. The first-order valence-electron chi connectivity index (χ1n) is 11.3. The zero-order chi connectivity index (χ0) is 28.2. The van der Waals surface area contributed by atoms with Gasteiger partial charge in [-0.15, -0.1) is 0 Å². The molecule has 1 amide bonds. The number of pyridine rings is 1. The Kier molecular flexibility index (Phi) is 8.45. The fraction of sp³-hybridized carbons (Fsp3) is 0.0769. The molecule has 3 aromatic carbocycles. The number of anilines is 3. The summed E-state index contributed by atoms with van der Waals surface area (Å²) >= 11 is 12.2. The molecule has 0 aliphatic rings. The second-order valence-corrected chi connectivity index (χ2v) is 12.8. The maximum absolute atomic E-state index is 13.5. The summed E-state index contributed by atoms with van der Waals surface area (Å²) in [7, 11) is -8.08. The van der Waals surface area contributed by atoms with Crippen molar-refractivity contribution < 1.29 is 21.6 Å². The number of hydrogen-bond donors (Lipinski definition) is 2. The van der Waals surface area contributed by atoms with Crippen LogP contribution in [0.5, 0.6) is 0 Å². The monoisotopic (exact) mass is 604 g/mol. The topological polar surface area (TPSA) is 126 Å². The Labute approximate surface area is 236 Å². The van der Waals surface area contributed by atoms with E-state index in [1.807, 2.05) is 6.92 Å². The minimum atomic E-state index is -4.19. The van der Waals surface area contributed by atoms with Crippen LogP contribution in [0.3, 0.4) is 0 Å². The van der Waals surface area contributed by atoms with Gasteiger partial charge >= 0.3 is 0 Å². The second kappa shape index (κ2) is 11.6. The first kappa shape index (κ1) is 28.4. The van der Waals surface area contributed by atoms with Crippen LogP contribution in [-0.4, -0.2) is 34.3 Å². The molecule has 0 radical (unpaired) electrons. The largest absolute Gasteiger partial charge is 0.325 e. The van der Waals surface area contributed by atoms with Crippen LogP contribution in [0.4, 0.5) is 17.1 Å². The van der Waals surface area contributed by atoms with E-state index in [2.05, 4.69) is 15.0 Å². The second-order valence-electron chi connectivity index (χ2n) is 8.37. The number of amides is 1. The lowest BCUT2D eigenvalue weighted by atomic mass is 10.2. The quantitative estimate of drug-likeness (QED) is 0.266. The molecule has 0 spiro atoms. The summed E-state index contributed by atoms with van der Waals surface area (Å²) in [4.78, 5) is 16.8. The van der Waals surface area contributed by atoms with Gasteiger partial charge in [-0.1, -0.05) is 40.9 Å². The molecule has 0 saturated carbocycles. The third kappa shape index (κ3) is 7.07. The maximum atomic E-state index is 13.5. The molecule has 202 valence electrons. The number of hydrogen-bond acceptors (Lipinski definition) is 6. The highest BCUT2D eigenvalue weighted by Crippen LogP contribution is 2.30. The average Bonchev–Trinajstić information content (AvgIpc) is 2.87. The summed E-state index contributed by atoms with van der Waals surface area (Å²) in [6.45, 7) is 1.22. The first-order chi connectivity index (χ1) is 18.4. The van der Waals surface area contributed by atoms with Crippen molar-refractivity contribution in [3.63, 3.8) is 0 Å². The average molecular weight is 606 g/mol. The lowest BCUT2D eigenvalue weighted by Gasteiger charge is -2.24. The molecule has 0 fully saturated rings. The van der Waals surface area contributed by atoms with Crippen molar-refractivity contribution >= 4 is 66.2 Å². The highest BCUT2D eigenvalue weighted by molar-refractivity contribution is 7.93. The fourth-order valence-corrected chi connectivity index (χ4v) is 6.48. The number of nitrogens with one attached hydrogen (secondary N) is 2. The molecule has 1 heterocycles. The highest BCUT2D eigenvalue weighted by Gasteiger charge is 2.28. The van der Waals surface area contributed by atoms with E-state index in [0.717, 1.165) is 9.87 Å². The van der Waals surface area contributed by atoms with Crippen LogP contribution in [0.2, 0.25) is 10.0 Å². The number of benzene rings is 3. The number of halogens is 2. The Bertz CT molecular complexity index is 1680. The van der Waals surface area contributed by atoms with Crippen molar-refractivity contribution in [3.05, 3.63) is 107 Å². The number of carbonyl (C=O) groups is 1. The molecule has 0 aliphatic carbocycles. The molecular weight excluding hydrogens is 583 g/mol. The smallest absolute Gasteiger partial charge is 0.264 e. The molecule has 2 N–H and O–H groups in total. The molecule has 0 aliphatic heterocycles. The van der Waals surface area contributed by atoms with E-state index in [1.54, 1.807) is 24.3 Å². The van der Waals surface area contributed by atoms with Crippen LogP contribution in [-0.2, 0) is 24.8 Å². The van der Waals surface area contributed by atoms with Crippen molar-refractivity contribution in [2.24, 2.45) is 0 Å². The summed E-state index contributed by atoms with van der Waals surface area (Å²) in [5.41, 5.74) is 1.53. The number of sulfonamides is 2. The van der Waals surface area contributed by atoms with Crippen molar-refractivity contribution in [1.29, 1.82) is 0 Å². The summed E-state index contributed by atoms with van der Waals surface area (Å²) in [5, 5.41) is 2.98. The maximum Gasteiger partial charge on any atom is 0.264 e. The van der Waals surface area contributed by atoms with Crippen LogP contribution in [0.15, 0.2) is 101 Å². The molecule has 4 aromatic rings. The number of aromatic nitrogens is 1. The van der Waals surface area contributed by atoms with Crippen molar-refractivity contribution in [1.82, 2.24) is 4.98 Å². The summed E-state index contributed by atoms with van der Waals surface area (Å²) < 4.78 is 55.7. The lowest BCUT2D eigenvalue weighted by Crippen LogP contribution is -2.38. The van der Waals surface area contributed by atoms with Gasteiger partial charge in [-0.25, -0.2) is 16.8 Å². The lowest BCUT2D eigenvalue weighted by molar-refractivity contribution is -0.114. The van der Waals surface area contributed by atoms with Crippen LogP contribution in [0.25, 0.3) is 0 Å². The Hall–Kier alpha value is -3.64. The highest BCUT2D eigenvalue weighted by atomic mass is 35.5. The van der Waals surface area contributed by atoms with E-state index in [9.17, 15) is 21.6 Å². The van der Waals surface area contributed by atoms with Gasteiger partial charge < -0.3 is 5.32 Å². The number of nitrogens with zero attached hydrogens (tertiary/aromatic N) is 2. The van der Waals surface area contributed by atoms with Gasteiger partial charge in [-0.2, -0.15) is 0 Å². The van der Waals surface area contributed by atoms with Crippen LogP contribution in [0.1, 0.15) is 5.56 Å². The molecule has 4 rings (SSSR count). The zero-order valence-corrected chi connectivity index (χ0v) is 23.5. The van der Waals surface area contributed by atoms with E-state index in [-0.39, 0.29) is 31.2 Å². The molecule has 9 nitrogen and oxygen atoms in total. The van der Waals surface area contributed by atoms with Crippen LogP contribution >= 0.6 is 23.2 Å². The molecule has 1 aromatic heterocycles. The molecule has 39 heavy (non-hydrogen) atoms. The Morgan fingerprint density at radius 3 is 2.05 bits per heavy atom. The molecular formula is C26H22Cl2N4O5S2. The van der Waals surface area contributed by atoms with Crippen LogP contribution < -0.4 is 14.3 Å². The summed E-state index contributed by atoms with van der Waals surface area (Å²) in [6, 6.07) is 19.0. The molecule has 0 unspecified atom stereocenters. The van der Waals surface area contributed by atoms with Gasteiger partial charge in [0.05, 0.1) is 27.4 Å². The standard InChI is InChI=1S/C26H22Cl2N4O5S2/c1-18-4-8-25(9-5-18)39(36,37)32(23-14-19(27)13-20(28)15-23)17-26(33)30-21-6-10-24(11-7-21)38(34,35)31-22-3-2-12-29-16-22/h2-16,31H,17H2,1H3,(H,30,33). The van der Waals surface area contributed by atoms with Gasteiger partial charge in [0.25, 0.3) is 20.0 Å². The van der Waals surface area contributed by atoms with Crippen molar-refractivity contribution in [3.8, 4) is 0 Å². The first-order valence-corrected chi connectivity index (χ1v) is 15.0. The number of rotatable bonds is 9. The molecule has 0 saturated heterocycles. The third-order valence-electron chi connectivity index (χ3n) is 5.39. The minimum absolute atomic E-state index is 0.0207. The van der Waals surface area contributed by atoms with Gasteiger partial charge in [-0.3, -0.25) is 18.8 Å². The molecule has 0 atom stereocenters. The minimum Gasteiger partial charge on any atom is -0.325 e. The van der Waals surface area contributed by atoms with Gasteiger partial charge in [0.1, 0.15) is 6.54 Å². The fourth-order valence-electron chi connectivity index (χ4n) is 3.52. The van der Waals surface area contributed by atoms with Gasteiger partial charge in [0.15, 0.2) is 0 Å². The number of aryl methyl sites for hydroxylation is 1. The zero-order valence-electron chi connectivity index (χ0n) is 20.4. The normalized spacial score (nSPS) is 11.6. The SMILES string of the molecule is Cc1ccc(S(=O)(=O)N(CC(=O)Nc2ccc(S(=O)(=O)Nc3cccnc3)cc2)c2cc(Cl)cc(Cl)c2)cc1. The van der Waals surface area contributed by atoms with Crippen molar-refractivity contribution in [2.45, 2.75) is 16.7 Å². The summed E-state index contributed by atoms with van der Waals surface area (Å²) in [5.74, 6) is -0.675. The van der Waals surface area contributed by atoms with Gasteiger partial charge in [0, 0.05) is 21.9 Å². The summed E-state index contributed by atoms with van der Waals surface area (Å²) in [6.07, 6.45) is 2.89. The Morgan fingerprint density at radius 1 is 0.846 bits per heavy atom. The van der Waals surface area contributed by atoms with Crippen molar-refractivity contribution in [2.75, 3.05) is 20.9 Å². The van der Waals surface area contributed by atoms with Gasteiger partial charge in [0.2, 0.25) is 5.91 Å². The van der Waals surface area contributed by atoms with E-state index < -0.39 is 32.5 Å². The predicted molar refractivity (Wildman–Crippen MR) is 152 cm³/mol. The third-order valence-corrected chi connectivity index (χ3v) is 9.02. The molecule has 0 bridgehead atoms. The number of carbonyl (C=O) groups excluding carboxylic acids is 1. The van der Waals surface area contributed by atoms with Crippen LogP contribution in [0, 0.1) is 6.92 Å². The Morgan fingerprint density at radius 2 is 1.46 bits per heavy atom. The molecule has 13 heteroatoms. The predicted octanol–water partition coefficient (Wildman–Crippen LogP) is 5.33. The van der Waals surface area contributed by atoms with E-state index in [0.29, 0.717) is 5.69 Å². The van der Waals surface area contributed by atoms with E-state index >= 15 is 0 Å². The van der Waals surface area contributed by atoms with Gasteiger partial charge in [-0.05, 0) is 73.7 Å². The van der Waals surface area contributed by atoms with E-state index in [1.165, 1.54) is 67.0 Å².